The molecule has 0 saturated carbocycles. The van der Waals surface area contributed by atoms with Crippen LogP contribution in [0.4, 0.5) is 0 Å². The molecular formula is C19H20N2O4. The van der Waals surface area contributed by atoms with Crippen LogP contribution in [-0.4, -0.2) is 37.5 Å². The maximum atomic E-state index is 12.3. The van der Waals surface area contributed by atoms with Crippen molar-refractivity contribution in [2.24, 2.45) is 0 Å². The van der Waals surface area contributed by atoms with Crippen molar-refractivity contribution < 1.29 is 19.1 Å². The van der Waals surface area contributed by atoms with Gasteiger partial charge in [-0.1, -0.05) is 18.2 Å². The molecule has 0 bridgehead atoms. The summed E-state index contributed by atoms with van der Waals surface area (Å²) >= 11 is 0. The number of nitrogens with one attached hydrogen (secondary N) is 1. The molecule has 1 heterocycles. The van der Waals surface area contributed by atoms with Crippen molar-refractivity contribution >= 4 is 11.8 Å². The standard InChI is InChI=1S/C19H20N2O4/c1-24-15-7-8-17(25-2)14(9-15)10-20-18(22)12-21-11-13-5-3-4-6-16(13)19(21)23/h3-9H,10-12H2,1-2H3,(H,20,22). The molecule has 6 nitrogen and oxygen atoms in total. The van der Waals surface area contributed by atoms with Crippen LogP contribution in [0, 0.1) is 0 Å². The van der Waals surface area contributed by atoms with Gasteiger partial charge in [0.1, 0.15) is 18.0 Å². The fourth-order valence-corrected chi connectivity index (χ4v) is 2.89. The van der Waals surface area contributed by atoms with Gasteiger partial charge in [0.05, 0.1) is 14.2 Å². The summed E-state index contributed by atoms with van der Waals surface area (Å²) in [5, 5.41) is 2.83. The van der Waals surface area contributed by atoms with E-state index < -0.39 is 0 Å². The molecule has 0 unspecified atom stereocenters. The van der Waals surface area contributed by atoms with Crippen LogP contribution in [0.3, 0.4) is 0 Å². The molecular weight excluding hydrogens is 320 g/mol. The number of benzene rings is 2. The van der Waals surface area contributed by atoms with E-state index in [-0.39, 0.29) is 18.4 Å². The van der Waals surface area contributed by atoms with Gasteiger partial charge in [0.15, 0.2) is 0 Å². The minimum atomic E-state index is -0.217. The van der Waals surface area contributed by atoms with Crippen LogP contribution in [0.25, 0.3) is 0 Å². The van der Waals surface area contributed by atoms with Crippen LogP contribution in [0.2, 0.25) is 0 Å². The molecule has 3 rings (SSSR count). The highest BCUT2D eigenvalue weighted by molar-refractivity contribution is 6.00. The summed E-state index contributed by atoms with van der Waals surface area (Å²) in [5.74, 6) is 1.04. The van der Waals surface area contributed by atoms with Crippen LogP contribution < -0.4 is 14.8 Å². The Morgan fingerprint density at radius 1 is 1.16 bits per heavy atom. The Labute approximate surface area is 146 Å². The highest BCUT2D eigenvalue weighted by atomic mass is 16.5. The third-order valence-corrected chi connectivity index (χ3v) is 4.19. The summed E-state index contributed by atoms with van der Waals surface area (Å²) in [6.45, 7) is 0.791. The van der Waals surface area contributed by atoms with Gasteiger partial charge in [-0.15, -0.1) is 0 Å². The van der Waals surface area contributed by atoms with Crippen molar-refractivity contribution in [2.45, 2.75) is 13.1 Å². The molecule has 0 saturated heterocycles. The van der Waals surface area contributed by atoms with Gasteiger partial charge in [-0.25, -0.2) is 0 Å². The summed E-state index contributed by atoms with van der Waals surface area (Å²) in [5.41, 5.74) is 2.44. The Bertz CT molecular complexity index is 804. The average molecular weight is 340 g/mol. The predicted octanol–water partition coefficient (Wildman–Crippen LogP) is 1.98. The number of carbonyl (C=O) groups is 2. The smallest absolute Gasteiger partial charge is 0.254 e. The third kappa shape index (κ3) is 3.57. The van der Waals surface area contributed by atoms with Crippen molar-refractivity contribution in [3.05, 3.63) is 59.2 Å². The Morgan fingerprint density at radius 3 is 2.68 bits per heavy atom. The minimum Gasteiger partial charge on any atom is -0.497 e. The molecule has 2 amide bonds. The quantitative estimate of drug-likeness (QED) is 0.873. The average Bonchev–Trinajstić information content (AvgIpc) is 2.95. The highest BCUT2D eigenvalue weighted by Crippen LogP contribution is 2.24. The second-order valence-corrected chi connectivity index (χ2v) is 5.77. The fraction of sp³-hybridized carbons (Fsp3) is 0.263. The summed E-state index contributed by atoms with van der Waals surface area (Å²) in [7, 11) is 3.16. The van der Waals surface area contributed by atoms with Gasteiger partial charge in [-0.2, -0.15) is 0 Å². The zero-order chi connectivity index (χ0) is 17.8. The van der Waals surface area contributed by atoms with E-state index in [0.29, 0.717) is 30.2 Å². The monoisotopic (exact) mass is 340 g/mol. The predicted molar refractivity (Wildman–Crippen MR) is 92.6 cm³/mol. The first kappa shape index (κ1) is 16.8. The molecule has 0 fully saturated rings. The summed E-state index contributed by atoms with van der Waals surface area (Å²) < 4.78 is 10.5. The first-order chi connectivity index (χ1) is 12.1. The molecule has 2 aromatic carbocycles. The minimum absolute atomic E-state index is 0.0276. The van der Waals surface area contributed by atoms with Gasteiger partial charge in [0.25, 0.3) is 5.91 Å². The molecule has 130 valence electrons. The maximum absolute atomic E-state index is 12.3. The van der Waals surface area contributed by atoms with Crippen LogP contribution in [0.15, 0.2) is 42.5 Å². The van der Waals surface area contributed by atoms with Crippen molar-refractivity contribution in [3.63, 3.8) is 0 Å². The highest BCUT2D eigenvalue weighted by Gasteiger charge is 2.28. The molecule has 2 aromatic rings. The van der Waals surface area contributed by atoms with Crippen molar-refractivity contribution in [3.8, 4) is 11.5 Å². The summed E-state index contributed by atoms with van der Waals surface area (Å²) in [4.78, 5) is 26.1. The van der Waals surface area contributed by atoms with Gasteiger partial charge in [0.2, 0.25) is 5.91 Å². The Morgan fingerprint density at radius 2 is 1.96 bits per heavy atom. The molecule has 0 aliphatic carbocycles. The van der Waals surface area contributed by atoms with E-state index in [0.717, 1.165) is 11.1 Å². The van der Waals surface area contributed by atoms with Gasteiger partial charge in [0, 0.05) is 24.2 Å². The van der Waals surface area contributed by atoms with Crippen LogP contribution in [-0.2, 0) is 17.9 Å². The first-order valence-electron chi connectivity index (χ1n) is 7.97. The van der Waals surface area contributed by atoms with Gasteiger partial charge < -0.3 is 19.7 Å². The number of hydrogen-bond donors (Lipinski definition) is 1. The first-order valence-corrected chi connectivity index (χ1v) is 7.97. The third-order valence-electron chi connectivity index (χ3n) is 4.19. The number of fused-ring (bicyclic) bond motifs is 1. The molecule has 0 atom stereocenters. The van der Waals surface area contributed by atoms with Gasteiger partial charge in [-0.05, 0) is 29.8 Å². The number of rotatable bonds is 6. The largest absolute Gasteiger partial charge is 0.497 e. The van der Waals surface area contributed by atoms with E-state index in [4.69, 9.17) is 9.47 Å². The van der Waals surface area contributed by atoms with Crippen molar-refractivity contribution in [1.82, 2.24) is 10.2 Å². The second kappa shape index (κ2) is 7.25. The molecule has 0 aromatic heterocycles. The molecule has 1 aliphatic heterocycles. The SMILES string of the molecule is COc1ccc(OC)c(CNC(=O)CN2Cc3ccccc3C2=O)c1. The second-order valence-electron chi connectivity index (χ2n) is 5.77. The van der Waals surface area contributed by atoms with Crippen molar-refractivity contribution in [2.75, 3.05) is 20.8 Å². The number of ether oxygens (including phenoxy) is 2. The number of amides is 2. The number of hydrogen-bond acceptors (Lipinski definition) is 4. The molecule has 0 radical (unpaired) electrons. The topological polar surface area (TPSA) is 67.9 Å². The van der Waals surface area contributed by atoms with Crippen molar-refractivity contribution in [1.29, 1.82) is 0 Å². The zero-order valence-corrected chi connectivity index (χ0v) is 14.2. The lowest BCUT2D eigenvalue weighted by Gasteiger charge is -2.16. The van der Waals surface area contributed by atoms with Crippen LogP contribution in [0.5, 0.6) is 11.5 Å². The Kier molecular flexibility index (Phi) is 4.88. The lowest BCUT2D eigenvalue weighted by Crippen LogP contribution is -2.37. The zero-order valence-electron chi connectivity index (χ0n) is 14.2. The Hall–Kier alpha value is -3.02. The van der Waals surface area contributed by atoms with Gasteiger partial charge in [-0.3, -0.25) is 9.59 Å². The molecule has 0 spiro atoms. The summed E-state index contributed by atoms with van der Waals surface area (Å²) in [6.07, 6.45) is 0. The Balaban J connectivity index is 1.60. The van der Waals surface area contributed by atoms with E-state index in [9.17, 15) is 9.59 Å². The van der Waals surface area contributed by atoms with E-state index in [1.165, 1.54) is 0 Å². The summed E-state index contributed by atoms with van der Waals surface area (Å²) in [6, 6.07) is 12.8. The molecule has 1 aliphatic rings. The fourth-order valence-electron chi connectivity index (χ4n) is 2.89. The number of nitrogens with zero attached hydrogens (tertiary/aromatic N) is 1. The van der Waals surface area contributed by atoms with Gasteiger partial charge >= 0.3 is 0 Å². The van der Waals surface area contributed by atoms with Crippen LogP contribution >= 0.6 is 0 Å². The van der Waals surface area contributed by atoms with E-state index in [1.54, 1.807) is 37.3 Å². The molecule has 6 heteroatoms. The maximum Gasteiger partial charge on any atom is 0.254 e. The molecule has 1 N–H and O–H groups in total. The van der Waals surface area contributed by atoms with E-state index in [2.05, 4.69) is 5.32 Å². The normalized spacial score (nSPS) is 12.7. The number of carbonyl (C=O) groups excluding carboxylic acids is 2. The van der Waals surface area contributed by atoms with E-state index in [1.807, 2.05) is 24.3 Å². The van der Waals surface area contributed by atoms with E-state index >= 15 is 0 Å². The molecule has 25 heavy (non-hydrogen) atoms. The van der Waals surface area contributed by atoms with Crippen LogP contribution in [0.1, 0.15) is 21.5 Å². The number of methoxy groups -OCH3 is 2. The lowest BCUT2D eigenvalue weighted by molar-refractivity contribution is -0.122. The lowest BCUT2D eigenvalue weighted by atomic mass is 10.1.